The van der Waals surface area contributed by atoms with E-state index in [2.05, 4.69) is 147 Å². The quantitative estimate of drug-likeness (QED) is 0.261. The Kier molecular flexibility index (Phi) is 8.46. The van der Waals surface area contributed by atoms with Crippen molar-refractivity contribution >= 4 is 37.1 Å². The Hall–Kier alpha value is -2.30. The minimum Gasteiger partial charge on any atom is -0.289 e. The molecule has 0 spiro atoms. The van der Waals surface area contributed by atoms with Crippen LogP contribution in [0.1, 0.15) is 20.8 Å². The average Bonchev–Trinajstić information content (AvgIpc) is 2.87. The van der Waals surface area contributed by atoms with Crippen LogP contribution in [0.25, 0.3) is 0 Å². The lowest BCUT2D eigenvalue weighted by atomic mass is 10.4. The van der Waals surface area contributed by atoms with Crippen LogP contribution in [0, 0.1) is 0 Å². The van der Waals surface area contributed by atoms with Gasteiger partial charge in [0.2, 0.25) is 0 Å². The molecule has 4 aromatic carbocycles. The van der Waals surface area contributed by atoms with Gasteiger partial charge in [0.05, 0.1) is 0 Å². The molecule has 0 fully saturated rings. The lowest BCUT2D eigenvalue weighted by molar-refractivity contribution is 0.269. The molecule has 0 heterocycles. The van der Waals surface area contributed by atoms with Gasteiger partial charge in [0.25, 0.3) is 0 Å². The topological polar surface area (TPSA) is 3.24 Å². The molecule has 0 aromatic heterocycles. The SMILES string of the molecule is CCN(C(C)P(c1ccccc1)c1ccccc1)C(C)P(c1ccccc1)c1ccccc1. The maximum atomic E-state index is 2.75. The molecular weight excluding hydrogens is 436 g/mol. The van der Waals surface area contributed by atoms with Gasteiger partial charge in [0, 0.05) is 11.6 Å². The first-order valence-corrected chi connectivity index (χ1v) is 14.6. The standard InChI is InChI=1S/C30H33NP2/c1-4-31(25(2)32(27-17-9-5-10-18-27)28-19-11-6-12-20-28)26(3)33(29-21-13-7-14-22-29)30-23-15-8-16-24-30/h5-26H,4H2,1-3H3. The zero-order valence-electron chi connectivity index (χ0n) is 19.8. The number of hydrogen-bond acceptors (Lipinski definition) is 1. The third kappa shape index (κ3) is 5.62. The van der Waals surface area contributed by atoms with E-state index in [1.54, 1.807) is 0 Å². The van der Waals surface area contributed by atoms with Crippen LogP contribution in [0.3, 0.4) is 0 Å². The highest BCUT2D eigenvalue weighted by molar-refractivity contribution is 7.74. The normalized spacial score (nSPS) is 13.4. The largest absolute Gasteiger partial charge is 0.289 e. The third-order valence-corrected chi connectivity index (χ3v) is 11.7. The highest BCUT2D eigenvalue weighted by Crippen LogP contribution is 2.47. The van der Waals surface area contributed by atoms with E-state index in [0.717, 1.165) is 6.54 Å². The lowest BCUT2D eigenvalue weighted by Crippen LogP contribution is -2.43. The van der Waals surface area contributed by atoms with Crippen LogP contribution >= 0.6 is 15.8 Å². The first-order chi connectivity index (χ1) is 16.2. The van der Waals surface area contributed by atoms with Crippen LogP contribution in [0.2, 0.25) is 0 Å². The number of hydrogen-bond donors (Lipinski definition) is 0. The van der Waals surface area contributed by atoms with Crippen molar-refractivity contribution in [1.82, 2.24) is 4.90 Å². The molecule has 0 bridgehead atoms. The van der Waals surface area contributed by atoms with Gasteiger partial charge < -0.3 is 0 Å². The molecule has 3 heteroatoms. The zero-order valence-corrected chi connectivity index (χ0v) is 21.5. The molecule has 4 rings (SSSR count). The molecule has 2 unspecified atom stereocenters. The first-order valence-electron chi connectivity index (χ1n) is 11.7. The number of rotatable bonds is 9. The van der Waals surface area contributed by atoms with Crippen LogP contribution in [-0.4, -0.2) is 23.0 Å². The summed E-state index contributed by atoms with van der Waals surface area (Å²) in [5, 5.41) is 5.78. The molecule has 0 N–H and O–H groups in total. The van der Waals surface area contributed by atoms with Crippen molar-refractivity contribution in [2.45, 2.75) is 32.3 Å². The Morgan fingerprint density at radius 1 is 0.485 bits per heavy atom. The summed E-state index contributed by atoms with van der Waals surface area (Å²) in [7, 11) is -1.03. The van der Waals surface area contributed by atoms with Crippen molar-refractivity contribution in [3.8, 4) is 0 Å². The van der Waals surface area contributed by atoms with E-state index in [0.29, 0.717) is 11.6 Å². The Labute approximate surface area is 202 Å². The fraction of sp³-hybridized carbons (Fsp3) is 0.200. The van der Waals surface area contributed by atoms with Gasteiger partial charge in [-0.05, 0) is 57.5 Å². The molecular formula is C30H33NP2. The van der Waals surface area contributed by atoms with E-state index >= 15 is 0 Å². The summed E-state index contributed by atoms with van der Waals surface area (Å²) in [5.74, 6) is 0.837. The number of benzene rings is 4. The van der Waals surface area contributed by atoms with Crippen molar-refractivity contribution in [2.24, 2.45) is 0 Å². The zero-order chi connectivity index (χ0) is 23.0. The molecule has 0 radical (unpaired) electrons. The van der Waals surface area contributed by atoms with Crippen LogP contribution in [0.15, 0.2) is 121 Å². The Morgan fingerprint density at radius 2 is 0.727 bits per heavy atom. The predicted molar refractivity (Wildman–Crippen MR) is 149 cm³/mol. The van der Waals surface area contributed by atoms with Gasteiger partial charge in [-0.2, -0.15) is 0 Å². The van der Waals surface area contributed by atoms with Gasteiger partial charge in [0.1, 0.15) is 0 Å². The molecule has 0 saturated carbocycles. The van der Waals surface area contributed by atoms with Crippen molar-refractivity contribution in [2.75, 3.05) is 6.54 Å². The van der Waals surface area contributed by atoms with Crippen LogP contribution in [0.5, 0.6) is 0 Å². The summed E-state index contributed by atoms with van der Waals surface area (Å²) in [6.45, 7) is 8.23. The van der Waals surface area contributed by atoms with E-state index in [9.17, 15) is 0 Å². The van der Waals surface area contributed by atoms with Gasteiger partial charge >= 0.3 is 0 Å². The van der Waals surface area contributed by atoms with E-state index in [1.165, 1.54) is 21.2 Å². The van der Waals surface area contributed by atoms with Crippen molar-refractivity contribution in [3.63, 3.8) is 0 Å². The highest BCUT2D eigenvalue weighted by atomic mass is 31.1. The van der Waals surface area contributed by atoms with Gasteiger partial charge in [0.15, 0.2) is 0 Å². The summed E-state index contributed by atoms with van der Waals surface area (Å²) >= 11 is 0. The highest BCUT2D eigenvalue weighted by Gasteiger charge is 2.33. The van der Waals surface area contributed by atoms with Crippen molar-refractivity contribution in [1.29, 1.82) is 0 Å². The fourth-order valence-electron chi connectivity index (χ4n) is 4.65. The summed E-state index contributed by atoms with van der Waals surface area (Å²) < 4.78 is 0. The second-order valence-electron chi connectivity index (χ2n) is 8.18. The van der Waals surface area contributed by atoms with Crippen molar-refractivity contribution < 1.29 is 0 Å². The minimum atomic E-state index is -0.516. The van der Waals surface area contributed by atoms with Gasteiger partial charge in [-0.1, -0.05) is 128 Å². The summed E-state index contributed by atoms with van der Waals surface area (Å²) in [4.78, 5) is 2.75. The molecule has 0 saturated heterocycles. The molecule has 33 heavy (non-hydrogen) atoms. The predicted octanol–water partition coefficient (Wildman–Crippen LogP) is 6.27. The summed E-state index contributed by atoms with van der Waals surface area (Å²) in [6.07, 6.45) is 0. The van der Waals surface area contributed by atoms with Gasteiger partial charge in [-0.25, -0.2) is 0 Å². The Morgan fingerprint density at radius 3 is 0.939 bits per heavy atom. The number of nitrogens with zero attached hydrogens (tertiary/aromatic N) is 1. The molecule has 168 valence electrons. The molecule has 2 atom stereocenters. The molecule has 0 amide bonds. The molecule has 4 aromatic rings. The second kappa shape index (κ2) is 11.7. The van der Waals surface area contributed by atoms with Crippen LogP contribution < -0.4 is 21.2 Å². The minimum absolute atomic E-state index is 0.419. The first kappa shape index (κ1) is 23.8. The molecule has 0 aliphatic rings. The Bertz CT molecular complexity index is 919. The van der Waals surface area contributed by atoms with Crippen LogP contribution in [-0.2, 0) is 0 Å². The smallest absolute Gasteiger partial charge is 0.0356 e. The van der Waals surface area contributed by atoms with Gasteiger partial charge in [-0.3, -0.25) is 4.90 Å². The second-order valence-corrected chi connectivity index (χ2v) is 13.2. The summed E-state index contributed by atoms with van der Waals surface area (Å²) in [5.41, 5.74) is 0. The molecule has 1 nitrogen and oxygen atoms in total. The van der Waals surface area contributed by atoms with E-state index in [1.807, 2.05) is 0 Å². The summed E-state index contributed by atoms with van der Waals surface area (Å²) in [6, 6.07) is 44.4. The third-order valence-electron chi connectivity index (χ3n) is 6.21. The van der Waals surface area contributed by atoms with E-state index < -0.39 is 15.8 Å². The van der Waals surface area contributed by atoms with Gasteiger partial charge in [-0.15, -0.1) is 0 Å². The Balaban J connectivity index is 1.74. The van der Waals surface area contributed by atoms with Crippen LogP contribution in [0.4, 0.5) is 0 Å². The lowest BCUT2D eigenvalue weighted by Gasteiger charge is -2.42. The molecule has 0 aliphatic carbocycles. The maximum Gasteiger partial charge on any atom is 0.0356 e. The molecule has 0 aliphatic heterocycles. The monoisotopic (exact) mass is 469 g/mol. The van der Waals surface area contributed by atoms with E-state index in [4.69, 9.17) is 0 Å². The van der Waals surface area contributed by atoms with E-state index in [-0.39, 0.29) is 0 Å². The van der Waals surface area contributed by atoms with Crippen molar-refractivity contribution in [3.05, 3.63) is 121 Å². The maximum absolute atomic E-state index is 2.75. The average molecular weight is 470 g/mol. The fourth-order valence-corrected chi connectivity index (χ4v) is 10.4.